The van der Waals surface area contributed by atoms with Crippen molar-refractivity contribution in [2.24, 2.45) is 11.7 Å². The lowest BCUT2D eigenvalue weighted by atomic mass is 9.92. The van der Waals surface area contributed by atoms with Gasteiger partial charge in [-0.05, 0) is 55.0 Å². The molecule has 3 rings (SSSR count). The summed E-state index contributed by atoms with van der Waals surface area (Å²) in [6.07, 6.45) is -0.172. The lowest BCUT2D eigenvalue weighted by Gasteiger charge is -2.37. The Bertz CT molecular complexity index is 933. The lowest BCUT2D eigenvalue weighted by Crippen LogP contribution is -2.48. The number of rotatable bonds is 6. The highest BCUT2D eigenvalue weighted by atomic mass is 32.2. The molecular weight excluding hydrogens is 390 g/mol. The number of amides is 1. The maximum Gasteiger partial charge on any atom is 0.243 e. The van der Waals surface area contributed by atoms with Gasteiger partial charge in [0.1, 0.15) is 23.5 Å². The van der Waals surface area contributed by atoms with E-state index in [0.29, 0.717) is 12.2 Å². The first-order chi connectivity index (χ1) is 13.3. The van der Waals surface area contributed by atoms with Gasteiger partial charge in [-0.3, -0.25) is 4.79 Å². The van der Waals surface area contributed by atoms with Gasteiger partial charge in [-0.25, -0.2) is 17.2 Å². The van der Waals surface area contributed by atoms with Gasteiger partial charge in [-0.2, -0.15) is 4.31 Å². The van der Waals surface area contributed by atoms with Crippen LogP contribution in [0.2, 0.25) is 0 Å². The summed E-state index contributed by atoms with van der Waals surface area (Å²) in [5.74, 6) is -1.54. The molecule has 0 bridgehead atoms. The number of ether oxygens (including phenoxy) is 1. The third-order valence-corrected chi connectivity index (χ3v) is 6.52. The number of nitrogens with zero attached hydrogens (tertiary/aromatic N) is 1. The molecular formula is C19H20F2N2O4S. The third-order valence-electron chi connectivity index (χ3n) is 4.64. The van der Waals surface area contributed by atoms with E-state index in [1.54, 1.807) is 0 Å². The number of halogens is 2. The first-order valence-electron chi connectivity index (χ1n) is 8.72. The van der Waals surface area contributed by atoms with E-state index >= 15 is 0 Å². The zero-order valence-corrected chi connectivity index (χ0v) is 15.7. The standard InChI is InChI=1S/C19H20F2N2O4S/c20-14-1-5-16(6-2-14)27-18-9-10-23(12-13(18)11-19(22)24)28(25,26)17-7-3-15(21)4-8-17/h1-8,13,18H,9-12H2,(H2,22,24)/t13-,18-/m0/s1. The smallest absolute Gasteiger partial charge is 0.243 e. The van der Waals surface area contributed by atoms with Gasteiger partial charge in [-0.15, -0.1) is 0 Å². The first-order valence-corrected chi connectivity index (χ1v) is 10.2. The Balaban J connectivity index is 1.78. The number of carbonyl (C=O) groups excluding carboxylic acids is 1. The van der Waals surface area contributed by atoms with Crippen LogP contribution >= 0.6 is 0 Å². The molecule has 2 atom stereocenters. The van der Waals surface area contributed by atoms with Gasteiger partial charge in [0.15, 0.2) is 0 Å². The Hall–Kier alpha value is -2.52. The number of carbonyl (C=O) groups is 1. The minimum Gasteiger partial charge on any atom is -0.490 e. The van der Waals surface area contributed by atoms with Crippen LogP contribution in [0.1, 0.15) is 12.8 Å². The van der Waals surface area contributed by atoms with E-state index in [9.17, 15) is 22.0 Å². The molecule has 0 radical (unpaired) electrons. The molecule has 0 spiro atoms. The average molecular weight is 410 g/mol. The molecule has 0 unspecified atom stereocenters. The maximum atomic E-state index is 13.1. The summed E-state index contributed by atoms with van der Waals surface area (Å²) in [7, 11) is -3.84. The fourth-order valence-electron chi connectivity index (χ4n) is 3.25. The number of primary amides is 1. The second-order valence-electron chi connectivity index (χ2n) is 6.65. The molecule has 1 fully saturated rings. The van der Waals surface area contributed by atoms with Gasteiger partial charge < -0.3 is 10.5 Å². The van der Waals surface area contributed by atoms with Crippen molar-refractivity contribution in [3.63, 3.8) is 0 Å². The van der Waals surface area contributed by atoms with E-state index in [2.05, 4.69) is 0 Å². The predicted molar refractivity (Wildman–Crippen MR) is 97.9 cm³/mol. The Morgan fingerprint density at radius 3 is 2.21 bits per heavy atom. The average Bonchev–Trinajstić information content (AvgIpc) is 2.65. The highest BCUT2D eigenvalue weighted by Crippen LogP contribution is 2.29. The van der Waals surface area contributed by atoms with E-state index < -0.39 is 39.6 Å². The number of nitrogens with two attached hydrogens (primary N) is 1. The van der Waals surface area contributed by atoms with Crippen molar-refractivity contribution in [1.82, 2.24) is 4.31 Å². The van der Waals surface area contributed by atoms with Gasteiger partial charge in [0.05, 0.1) is 4.90 Å². The van der Waals surface area contributed by atoms with Crippen molar-refractivity contribution < 1.29 is 26.7 Å². The van der Waals surface area contributed by atoms with Gasteiger partial charge in [0.25, 0.3) is 0 Å². The SMILES string of the molecule is NC(=O)C[C@H]1CN(S(=O)(=O)c2ccc(F)cc2)CC[C@@H]1Oc1ccc(F)cc1. The van der Waals surface area contributed by atoms with E-state index in [4.69, 9.17) is 10.5 Å². The highest BCUT2D eigenvalue weighted by Gasteiger charge is 2.37. The van der Waals surface area contributed by atoms with Crippen LogP contribution in [0.25, 0.3) is 0 Å². The van der Waals surface area contributed by atoms with Gasteiger partial charge in [-0.1, -0.05) is 0 Å². The van der Waals surface area contributed by atoms with Crippen molar-refractivity contribution in [2.45, 2.75) is 23.8 Å². The molecule has 1 aliphatic rings. The van der Waals surface area contributed by atoms with E-state index in [-0.39, 0.29) is 24.4 Å². The summed E-state index contributed by atoms with van der Waals surface area (Å²) in [4.78, 5) is 11.5. The minimum absolute atomic E-state index is 0.0235. The Morgan fingerprint density at radius 1 is 1.07 bits per heavy atom. The van der Waals surface area contributed by atoms with Crippen molar-refractivity contribution in [2.75, 3.05) is 13.1 Å². The van der Waals surface area contributed by atoms with Crippen molar-refractivity contribution >= 4 is 15.9 Å². The van der Waals surface area contributed by atoms with Crippen LogP contribution in [-0.4, -0.2) is 37.8 Å². The summed E-state index contributed by atoms with van der Waals surface area (Å²) in [5, 5.41) is 0. The molecule has 6 nitrogen and oxygen atoms in total. The van der Waals surface area contributed by atoms with Crippen LogP contribution in [0.15, 0.2) is 53.4 Å². The molecule has 150 valence electrons. The lowest BCUT2D eigenvalue weighted by molar-refractivity contribution is -0.120. The Labute approximate surface area is 162 Å². The van der Waals surface area contributed by atoms with Crippen LogP contribution in [-0.2, 0) is 14.8 Å². The number of benzene rings is 2. The van der Waals surface area contributed by atoms with Crippen LogP contribution in [0.4, 0.5) is 8.78 Å². The van der Waals surface area contributed by atoms with Gasteiger partial charge >= 0.3 is 0 Å². The van der Waals surface area contributed by atoms with Crippen LogP contribution in [0, 0.1) is 17.6 Å². The fraction of sp³-hybridized carbons (Fsp3) is 0.316. The van der Waals surface area contributed by atoms with Crippen LogP contribution in [0.3, 0.4) is 0 Å². The summed E-state index contributed by atoms with van der Waals surface area (Å²) < 4.78 is 59.0. The number of hydrogen-bond donors (Lipinski definition) is 1. The molecule has 1 saturated heterocycles. The molecule has 1 heterocycles. The predicted octanol–water partition coefficient (Wildman–Crippen LogP) is 2.30. The first kappa shape index (κ1) is 20.2. The van der Waals surface area contributed by atoms with Gasteiger partial charge in [0.2, 0.25) is 15.9 Å². The molecule has 9 heteroatoms. The second kappa shape index (κ2) is 8.24. The molecule has 2 N–H and O–H groups in total. The molecule has 1 aliphatic heterocycles. The minimum atomic E-state index is -3.84. The van der Waals surface area contributed by atoms with E-state index in [1.807, 2.05) is 0 Å². The fourth-order valence-corrected chi connectivity index (χ4v) is 4.76. The molecule has 28 heavy (non-hydrogen) atoms. The van der Waals surface area contributed by atoms with Crippen molar-refractivity contribution in [3.05, 3.63) is 60.2 Å². The molecule has 2 aromatic rings. The quantitative estimate of drug-likeness (QED) is 0.791. The highest BCUT2D eigenvalue weighted by molar-refractivity contribution is 7.89. The number of piperidine rings is 1. The summed E-state index contributed by atoms with van der Waals surface area (Å²) >= 11 is 0. The second-order valence-corrected chi connectivity index (χ2v) is 8.58. The topological polar surface area (TPSA) is 89.7 Å². The normalized spacial score (nSPS) is 20.6. The molecule has 0 aromatic heterocycles. The van der Waals surface area contributed by atoms with E-state index in [1.165, 1.54) is 40.7 Å². The van der Waals surface area contributed by atoms with E-state index in [0.717, 1.165) is 12.1 Å². The van der Waals surface area contributed by atoms with Crippen LogP contribution < -0.4 is 10.5 Å². The zero-order valence-electron chi connectivity index (χ0n) is 14.9. The largest absolute Gasteiger partial charge is 0.490 e. The summed E-state index contributed by atoms with van der Waals surface area (Å²) in [6, 6.07) is 10.0. The molecule has 2 aromatic carbocycles. The number of hydrogen-bond acceptors (Lipinski definition) is 4. The summed E-state index contributed by atoms with van der Waals surface area (Å²) in [5.41, 5.74) is 5.33. The molecule has 1 amide bonds. The maximum absolute atomic E-state index is 13.1. The van der Waals surface area contributed by atoms with Crippen molar-refractivity contribution in [3.8, 4) is 5.75 Å². The summed E-state index contributed by atoms with van der Waals surface area (Å²) in [6.45, 7) is 0.204. The molecule has 0 aliphatic carbocycles. The van der Waals surface area contributed by atoms with Gasteiger partial charge in [0, 0.05) is 25.4 Å². The zero-order chi connectivity index (χ0) is 20.3. The van der Waals surface area contributed by atoms with Crippen LogP contribution in [0.5, 0.6) is 5.75 Å². The Kier molecular flexibility index (Phi) is 5.95. The number of sulfonamides is 1. The third kappa shape index (κ3) is 4.66. The monoisotopic (exact) mass is 410 g/mol. The molecule has 0 saturated carbocycles. The Morgan fingerprint density at radius 2 is 1.64 bits per heavy atom. The van der Waals surface area contributed by atoms with Crippen molar-refractivity contribution in [1.29, 1.82) is 0 Å².